The first kappa shape index (κ1) is 13.2. The fourth-order valence-electron chi connectivity index (χ4n) is 1.41. The van der Waals surface area contributed by atoms with E-state index in [2.05, 4.69) is 26.2 Å². The molecule has 0 atom stereocenters. The summed E-state index contributed by atoms with van der Waals surface area (Å²) in [6.07, 6.45) is 1.51. The maximum Gasteiger partial charge on any atom is 0.275 e. The zero-order chi connectivity index (χ0) is 13.8. The summed E-state index contributed by atoms with van der Waals surface area (Å²) in [6, 6.07) is 8.98. The highest BCUT2D eigenvalue weighted by Crippen LogP contribution is 2.18. The minimum Gasteiger partial charge on any atom is -0.321 e. The summed E-state index contributed by atoms with van der Waals surface area (Å²) in [5.41, 5.74) is 0.686. The molecule has 96 valence electrons. The van der Waals surface area contributed by atoms with E-state index in [0.29, 0.717) is 10.2 Å². The highest BCUT2D eigenvalue weighted by Gasteiger charge is 2.12. The largest absolute Gasteiger partial charge is 0.321 e. The number of hydrogen-bond acceptors (Lipinski definition) is 4. The van der Waals surface area contributed by atoms with Crippen molar-refractivity contribution in [1.29, 1.82) is 0 Å². The molecular formula is C12H8BrN3O3. The number of halogens is 1. The third-order valence-electron chi connectivity index (χ3n) is 2.31. The molecule has 1 aromatic carbocycles. The molecule has 0 unspecified atom stereocenters. The van der Waals surface area contributed by atoms with Crippen molar-refractivity contribution in [1.82, 2.24) is 4.98 Å². The van der Waals surface area contributed by atoms with Gasteiger partial charge in [-0.25, -0.2) is 4.98 Å². The van der Waals surface area contributed by atoms with Crippen LogP contribution in [0.1, 0.15) is 10.5 Å². The van der Waals surface area contributed by atoms with Crippen molar-refractivity contribution in [2.75, 3.05) is 5.32 Å². The lowest BCUT2D eigenvalue weighted by molar-refractivity contribution is -0.384. The van der Waals surface area contributed by atoms with Crippen molar-refractivity contribution >= 4 is 33.2 Å². The molecule has 0 fully saturated rings. The smallest absolute Gasteiger partial charge is 0.275 e. The molecule has 19 heavy (non-hydrogen) atoms. The topological polar surface area (TPSA) is 85.1 Å². The number of rotatable bonds is 3. The number of benzene rings is 1. The van der Waals surface area contributed by atoms with Crippen molar-refractivity contribution in [3.8, 4) is 0 Å². The van der Waals surface area contributed by atoms with E-state index in [1.807, 2.05) is 0 Å². The van der Waals surface area contributed by atoms with Crippen molar-refractivity contribution in [3.05, 3.63) is 62.9 Å². The fraction of sp³-hybridized carbons (Fsp3) is 0. The number of nitrogens with zero attached hydrogens (tertiary/aromatic N) is 2. The van der Waals surface area contributed by atoms with E-state index in [4.69, 9.17) is 0 Å². The van der Waals surface area contributed by atoms with Gasteiger partial charge in [-0.2, -0.15) is 0 Å². The van der Waals surface area contributed by atoms with Crippen LogP contribution in [0.15, 0.2) is 47.1 Å². The number of nitrogens with one attached hydrogen (secondary N) is 1. The van der Waals surface area contributed by atoms with Gasteiger partial charge in [0, 0.05) is 28.5 Å². The van der Waals surface area contributed by atoms with Gasteiger partial charge in [-0.15, -0.1) is 0 Å². The lowest BCUT2D eigenvalue weighted by atomic mass is 10.2. The molecule has 0 radical (unpaired) electrons. The van der Waals surface area contributed by atoms with Gasteiger partial charge in [-0.3, -0.25) is 14.9 Å². The predicted octanol–water partition coefficient (Wildman–Crippen LogP) is 3.00. The second kappa shape index (κ2) is 5.57. The van der Waals surface area contributed by atoms with Gasteiger partial charge in [0.15, 0.2) is 0 Å². The van der Waals surface area contributed by atoms with Gasteiger partial charge in [-0.05, 0) is 40.2 Å². The number of hydrogen-bond donors (Lipinski definition) is 1. The number of nitro benzene ring substituents is 1. The molecule has 2 rings (SSSR count). The number of carbonyl (C=O) groups is 1. The van der Waals surface area contributed by atoms with Crippen molar-refractivity contribution in [2.24, 2.45) is 0 Å². The summed E-state index contributed by atoms with van der Waals surface area (Å²) in [6.45, 7) is 0. The summed E-state index contributed by atoms with van der Waals surface area (Å²) in [4.78, 5) is 25.9. The first-order valence-electron chi connectivity index (χ1n) is 5.24. The van der Waals surface area contributed by atoms with Crippen LogP contribution in [-0.2, 0) is 0 Å². The average molecular weight is 322 g/mol. The molecule has 6 nitrogen and oxygen atoms in total. The lowest BCUT2D eigenvalue weighted by Crippen LogP contribution is -2.14. The minimum atomic E-state index is -0.499. The van der Waals surface area contributed by atoms with Crippen molar-refractivity contribution < 1.29 is 9.72 Å². The molecule has 1 N–H and O–H groups in total. The van der Waals surface area contributed by atoms with E-state index in [9.17, 15) is 14.9 Å². The Labute approximate surface area is 116 Å². The van der Waals surface area contributed by atoms with Gasteiger partial charge >= 0.3 is 0 Å². The first-order valence-corrected chi connectivity index (χ1v) is 6.03. The number of carbonyl (C=O) groups excluding carboxylic acids is 1. The van der Waals surface area contributed by atoms with E-state index in [1.54, 1.807) is 12.1 Å². The number of anilines is 1. The van der Waals surface area contributed by atoms with Crippen LogP contribution in [0.25, 0.3) is 0 Å². The summed E-state index contributed by atoms with van der Waals surface area (Å²) >= 11 is 3.23. The maximum atomic E-state index is 11.9. The van der Waals surface area contributed by atoms with Crippen LogP contribution in [0, 0.1) is 10.1 Å². The minimum absolute atomic E-state index is 0.0305. The van der Waals surface area contributed by atoms with Crippen LogP contribution in [0.3, 0.4) is 0 Å². The van der Waals surface area contributed by atoms with Crippen molar-refractivity contribution in [3.63, 3.8) is 0 Å². The third kappa shape index (κ3) is 3.14. The molecule has 0 saturated heterocycles. The van der Waals surface area contributed by atoms with Gasteiger partial charge in [-0.1, -0.05) is 0 Å². The van der Waals surface area contributed by atoms with Crippen LogP contribution < -0.4 is 5.32 Å². The molecule has 1 amide bonds. The Morgan fingerprint density at radius 3 is 2.53 bits per heavy atom. The van der Waals surface area contributed by atoms with Gasteiger partial charge in [0.1, 0.15) is 5.69 Å². The summed E-state index contributed by atoms with van der Waals surface area (Å²) in [7, 11) is 0. The van der Waals surface area contributed by atoms with Crippen LogP contribution in [-0.4, -0.2) is 15.8 Å². The Bertz CT molecular complexity index is 628. The van der Waals surface area contributed by atoms with Gasteiger partial charge in [0.2, 0.25) is 0 Å². The number of non-ortho nitro benzene ring substituents is 1. The molecule has 0 aliphatic carbocycles. The Balaban J connectivity index is 2.15. The Morgan fingerprint density at radius 1 is 1.26 bits per heavy atom. The zero-order valence-electron chi connectivity index (χ0n) is 9.54. The third-order valence-corrected chi connectivity index (χ3v) is 2.95. The van der Waals surface area contributed by atoms with Crippen molar-refractivity contribution in [2.45, 2.75) is 0 Å². The monoisotopic (exact) mass is 321 g/mol. The molecular weight excluding hydrogens is 314 g/mol. The predicted molar refractivity (Wildman–Crippen MR) is 73.0 cm³/mol. The zero-order valence-corrected chi connectivity index (χ0v) is 11.1. The highest BCUT2D eigenvalue weighted by atomic mass is 79.9. The molecule has 0 saturated carbocycles. The quantitative estimate of drug-likeness (QED) is 0.695. The second-order valence-electron chi connectivity index (χ2n) is 3.59. The van der Waals surface area contributed by atoms with E-state index in [1.165, 1.54) is 30.5 Å². The standard InChI is InChI=1S/C12H8BrN3O3/c13-10-2-1-7-14-11(10)12(17)15-8-3-5-9(6-4-8)16(18)19/h1-7H,(H,15,17). The summed E-state index contributed by atoms with van der Waals surface area (Å²) in [5.74, 6) is -0.388. The Morgan fingerprint density at radius 2 is 1.95 bits per heavy atom. The molecule has 0 aliphatic heterocycles. The first-order chi connectivity index (χ1) is 9.08. The molecule has 0 spiro atoms. The molecule has 2 aromatic rings. The summed E-state index contributed by atoms with van der Waals surface area (Å²) in [5, 5.41) is 13.1. The molecule has 7 heteroatoms. The van der Waals surface area contributed by atoms with E-state index >= 15 is 0 Å². The average Bonchev–Trinajstić information content (AvgIpc) is 2.39. The second-order valence-corrected chi connectivity index (χ2v) is 4.45. The number of amides is 1. The fourth-order valence-corrected chi connectivity index (χ4v) is 1.84. The Kier molecular flexibility index (Phi) is 3.86. The normalized spacial score (nSPS) is 9.95. The van der Waals surface area contributed by atoms with Gasteiger partial charge < -0.3 is 5.32 Å². The molecule has 1 heterocycles. The van der Waals surface area contributed by atoms with Gasteiger partial charge in [0.25, 0.3) is 11.6 Å². The molecule has 1 aromatic heterocycles. The van der Waals surface area contributed by atoms with Crippen LogP contribution in [0.5, 0.6) is 0 Å². The van der Waals surface area contributed by atoms with E-state index in [-0.39, 0.29) is 17.3 Å². The lowest BCUT2D eigenvalue weighted by Gasteiger charge is -2.05. The molecule has 0 bridgehead atoms. The summed E-state index contributed by atoms with van der Waals surface area (Å²) < 4.78 is 0.578. The molecule has 0 aliphatic rings. The number of aromatic nitrogens is 1. The highest BCUT2D eigenvalue weighted by molar-refractivity contribution is 9.10. The van der Waals surface area contributed by atoms with E-state index < -0.39 is 4.92 Å². The van der Waals surface area contributed by atoms with Crippen LogP contribution in [0.4, 0.5) is 11.4 Å². The van der Waals surface area contributed by atoms with Gasteiger partial charge in [0.05, 0.1) is 4.92 Å². The SMILES string of the molecule is O=C(Nc1ccc([N+](=O)[O-])cc1)c1ncccc1Br. The van der Waals surface area contributed by atoms with E-state index in [0.717, 1.165) is 0 Å². The van der Waals surface area contributed by atoms with Crippen LogP contribution in [0.2, 0.25) is 0 Å². The number of pyridine rings is 1. The number of nitro groups is 1. The Hall–Kier alpha value is -2.28. The maximum absolute atomic E-state index is 11.9. The van der Waals surface area contributed by atoms with Crippen LogP contribution >= 0.6 is 15.9 Å².